The van der Waals surface area contributed by atoms with Crippen LogP contribution < -0.4 is 10.9 Å². The second-order valence-electron chi connectivity index (χ2n) is 5.77. The number of ether oxygens (including phenoxy) is 1. The Balaban J connectivity index is 1.77. The van der Waals surface area contributed by atoms with Gasteiger partial charge in [0.05, 0.1) is 16.5 Å². The molecule has 1 amide bonds. The monoisotopic (exact) mass is 351 g/mol. The number of H-pyrrole nitrogens is 1. The second-order valence-corrected chi connectivity index (χ2v) is 5.77. The number of rotatable bonds is 4. The number of para-hydroxylation sites is 1. The molecule has 1 atom stereocenters. The molecule has 7 nitrogen and oxygen atoms in total. The molecule has 7 heteroatoms. The van der Waals surface area contributed by atoms with Crippen LogP contribution in [0.25, 0.3) is 10.9 Å². The average Bonchev–Trinajstić information content (AvgIpc) is 2.61. The number of hydrogen-bond acceptors (Lipinski definition) is 5. The van der Waals surface area contributed by atoms with E-state index in [2.05, 4.69) is 15.3 Å². The number of hydrogen-bond donors (Lipinski definition) is 2. The standard InChI is InChI=1S/C19H17N3O4/c1-11(17-21-16-6-4-3-5-15(16)18(24)22-17)26-19(25)13-7-9-14(10-8-13)20-12(2)23/h3-11H,1-2H3,(H,20,23)(H,21,22,24). The van der Waals surface area contributed by atoms with E-state index >= 15 is 0 Å². The number of nitrogens with zero attached hydrogens (tertiary/aromatic N) is 1. The summed E-state index contributed by atoms with van der Waals surface area (Å²) in [5, 5.41) is 3.10. The van der Waals surface area contributed by atoms with E-state index < -0.39 is 12.1 Å². The minimum Gasteiger partial charge on any atom is -0.451 e. The third kappa shape index (κ3) is 3.77. The fraction of sp³-hybridized carbons (Fsp3) is 0.158. The first-order valence-electron chi connectivity index (χ1n) is 8.01. The zero-order chi connectivity index (χ0) is 18.7. The van der Waals surface area contributed by atoms with Crippen molar-refractivity contribution < 1.29 is 14.3 Å². The van der Waals surface area contributed by atoms with E-state index in [1.54, 1.807) is 55.5 Å². The number of carbonyl (C=O) groups excluding carboxylic acids is 2. The number of anilines is 1. The molecule has 0 aliphatic heterocycles. The molecular weight excluding hydrogens is 334 g/mol. The predicted octanol–water partition coefficient (Wildman–Crippen LogP) is 2.80. The van der Waals surface area contributed by atoms with Crippen molar-refractivity contribution in [3.8, 4) is 0 Å². The zero-order valence-electron chi connectivity index (χ0n) is 14.3. The highest BCUT2D eigenvalue weighted by Gasteiger charge is 2.17. The summed E-state index contributed by atoms with van der Waals surface area (Å²) in [5.74, 6) is -0.472. The topological polar surface area (TPSA) is 101 Å². The largest absolute Gasteiger partial charge is 0.451 e. The molecule has 0 fully saturated rings. The molecule has 1 unspecified atom stereocenters. The number of fused-ring (bicyclic) bond motifs is 1. The summed E-state index contributed by atoms with van der Waals surface area (Å²) in [6.45, 7) is 3.04. The summed E-state index contributed by atoms with van der Waals surface area (Å²) in [4.78, 5) is 42.4. The first-order chi connectivity index (χ1) is 12.4. The lowest BCUT2D eigenvalue weighted by atomic mass is 10.2. The van der Waals surface area contributed by atoms with Gasteiger partial charge in [0.15, 0.2) is 11.9 Å². The van der Waals surface area contributed by atoms with Gasteiger partial charge in [-0.15, -0.1) is 0 Å². The fourth-order valence-corrected chi connectivity index (χ4v) is 2.47. The van der Waals surface area contributed by atoms with E-state index in [9.17, 15) is 14.4 Å². The van der Waals surface area contributed by atoms with Gasteiger partial charge in [-0.3, -0.25) is 9.59 Å². The smallest absolute Gasteiger partial charge is 0.338 e. The molecule has 0 saturated carbocycles. The Morgan fingerprint density at radius 3 is 2.50 bits per heavy atom. The zero-order valence-corrected chi connectivity index (χ0v) is 14.3. The van der Waals surface area contributed by atoms with Gasteiger partial charge in [0.25, 0.3) is 5.56 Å². The minimum atomic E-state index is -0.727. The van der Waals surface area contributed by atoms with E-state index in [0.29, 0.717) is 22.2 Å². The third-order valence-corrected chi connectivity index (χ3v) is 3.74. The second kappa shape index (κ2) is 7.18. The molecule has 1 heterocycles. The van der Waals surface area contributed by atoms with Crippen LogP contribution in [0.1, 0.15) is 36.1 Å². The van der Waals surface area contributed by atoms with Gasteiger partial charge in [-0.05, 0) is 43.3 Å². The van der Waals surface area contributed by atoms with Crippen molar-refractivity contribution in [1.82, 2.24) is 9.97 Å². The van der Waals surface area contributed by atoms with Crippen molar-refractivity contribution in [2.45, 2.75) is 20.0 Å². The molecule has 1 aromatic heterocycles. The maximum absolute atomic E-state index is 12.3. The van der Waals surface area contributed by atoms with Crippen LogP contribution in [0.4, 0.5) is 5.69 Å². The molecule has 0 radical (unpaired) electrons. The summed E-state index contributed by atoms with van der Waals surface area (Å²) >= 11 is 0. The van der Waals surface area contributed by atoms with Gasteiger partial charge in [0.1, 0.15) is 0 Å². The lowest BCUT2D eigenvalue weighted by molar-refractivity contribution is -0.114. The summed E-state index contributed by atoms with van der Waals surface area (Å²) < 4.78 is 5.39. The van der Waals surface area contributed by atoms with E-state index in [1.807, 2.05) is 0 Å². The molecule has 3 aromatic rings. The average molecular weight is 351 g/mol. The molecule has 0 bridgehead atoms. The molecule has 0 aliphatic carbocycles. The molecule has 0 spiro atoms. The first-order valence-corrected chi connectivity index (χ1v) is 8.01. The highest BCUT2D eigenvalue weighted by Crippen LogP contribution is 2.17. The van der Waals surface area contributed by atoms with Crippen LogP contribution in [-0.4, -0.2) is 21.8 Å². The lowest BCUT2D eigenvalue weighted by Crippen LogP contribution is -2.17. The Morgan fingerprint density at radius 2 is 1.81 bits per heavy atom. The first kappa shape index (κ1) is 17.3. The highest BCUT2D eigenvalue weighted by molar-refractivity contribution is 5.92. The summed E-state index contributed by atoms with van der Waals surface area (Å²) in [5.41, 5.74) is 1.17. The molecule has 0 saturated heterocycles. The molecule has 26 heavy (non-hydrogen) atoms. The van der Waals surface area contributed by atoms with Gasteiger partial charge in [-0.25, -0.2) is 9.78 Å². The Kier molecular flexibility index (Phi) is 4.79. The van der Waals surface area contributed by atoms with Crippen molar-refractivity contribution in [3.05, 3.63) is 70.3 Å². The van der Waals surface area contributed by atoms with Gasteiger partial charge >= 0.3 is 5.97 Å². The Morgan fingerprint density at radius 1 is 1.12 bits per heavy atom. The fourth-order valence-electron chi connectivity index (χ4n) is 2.47. The number of carbonyl (C=O) groups is 2. The maximum atomic E-state index is 12.3. The summed E-state index contributed by atoms with van der Waals surface area (Å²) in [7, 11) is 0. The van der Waals surface area contributed by atoms with Gasteiger partial charge in [-0.2, -0.15) is 0 Å². The maximum Gasteiger partial charge on any atom is 0.338 e. The Hall–Kier alpha value is -3.48. The quantitative estimate of drug-likeness (QED) is 0.704. The number of benzene rings is 2. The van der Waals surface area contributed by atoms with Crippen LogP contribution in [0.3, 0.4) is 0 Å². The van der Waals surface area contributed by atoms with Gasteiger partial charge in [0.2, 0.25) is 5.91 Å². The van der Waals surface area contributed by atoms with E-state index in [-0.39, 0.29) is 17.3 Å². The molecule has 132 valence electrons. The van der Waals surface area contributed by atoms with Gasteiger partial charge in [-0.1, -0.05) is 12.1 Å². The van der Waals surface area contributed by atoms with Crippen molar-refractivity contribution in [1.29, 1.82) is 0 Å². The van der Waals surface area contributed by atoms with E-state index in [0.717, 1.165) is 0 Å². The van der Waals surface area contributed by atoms with Crippen LogP contribution >= 0.6 is 0 Å². The van der Waals surface area contributed by atoms with Crippen molar-refractivity contribution in [2.24, 2.45) is 0 Å². The van der Waals surface area contributed by atoms with Crippen LogP contribution in [0.2, 0.25) is 0 Å². The highest BCUT2D eigenvalue weighted by atomic mass is 16.5. The molecule has 2 N–H and O–H groups in total. The molecule has 2 aromatic carbocycles. The normalized spacial score (nSPS) is 11.8. The van der Waals surface area contributed by atoms with E-state index in [1.165, 1.54) is 6.92 Å². The lowest BCUT2D eigenvalue weighted by Gasteiger charge is -2.13. The van der Waals surface area contributed by atoms with Gasteiger partial charge in [0, 0.05) is 12.6 Å². The summed E-state index contributed by atoms with van der Waals surface area (Å²) in [6, 6.07) is 13.3. The van der Waals surface area contributed by atoms with Crippen molar-refractivity contribution >= 4 is 28.5 Å². The molecular formula is C19H17N3O4. The van der Waals surface area contributed by atoms with Gasteiger partial charge < -0.3 is 15.0 Å². The predicted molar refractivity (Wildman–Crippen MR) is 96.9 cm³/mol. The Labute approximate surface area is 149 Å². The van der Waals surface area contributed by atoms with E-state index in [4.69, 9.17) is 4.74 Å². The number of amides is 1. The van der Waals surface area contributed by atoms with Crippen molar-refractivity contribution in [2.75, 3.05) is 5.32 Å². The molecule has 0 aliphatic rings. The number of nitrogens with one attached hydrogen (secondary N) is 2. The molecule has 3 rings (SSSR count). The Bertz CT molecular complexity index is 1020. The minimum absolute atomic E-state index is 0.194. The van der Waals surface area contributed by atoms with Crippen LogP contribution in [-0.2, 0) is 9.53 Å². The van der Waals surface area contributed by atoms with Crippen molar-refractivity contribution in [3.63, 3.8) is 0 Å². The number of aromatic nitrogens is 2. The van der Waals surface area contributed by atoms with Crippen LogP contribution in [0.5, 0.6) is 0 Å². The third-order valence-electron chi connectivity index (χ3n) is 3.74. The number of esters is 1. The van der Waals surface area contributed by atoms with Crippen LogP contribution in [0.15, 0.2) is 53.3 Å². The van der Waals surface area contributed by atoms with Crippen LogP contribution in [0, 0.1) is 0 Å². The summed E-state index contributed by atoms with van der Waals surface area (Å²) in [6.07, 6.45) is -0.727. The SMILES string of the molecule is CC(=O)Nc1ccc(C(=O)OC(C)c2nc3ccccc3c(=O)[nH]2)cc1. The number of aromatic amines is 1.